The molecule has 0 fully saturated rings. The molecule has 0 bridgehead atoms. The molecule has 2 atom stereocenters. The molecule has 2 unspecified atom stereocenters. The van der Waals surface area contributed by atoms with Gasteiger partial charge < -0.3 is 0 Å². The summed E-state index contributed by atoms with van der Waals surface area (Å²) in [6.45, 7) is 5.70. The summed E-state index contributed by atoms with van der Waals surface area (Å²) < 4.78 is 51.1. The number of halogens is 2. The summed E-state index contributed by atoms with van der Waals surface area (Å²) >= 11 is 0. The van der Waals surface area contributed by atoms with Crippen LogP contribution in [0.1, 0.15) is 45.1 Å². The van der Waals surface area contributed by atoms with Crippen molar-refractivity contribution < 1.29 is 17.2 Å². The SMILES string of the molecule is CC(C)CC1CC(C)S(=O)(=O)c2cc(F)c(F)cc21. The molecular formula is C14H18F2O2S. The average Bonchev–Trinajstić information content (AvgIpc) is 2.28. The monoisotopic (exact) mass is 288 g/mol. The van der Waals surface area contributed by atoms with Crippen molar-refractivity contribution in [3.05, 3.63) is 29.3 Å². The van der Waals surface area contributed by atoms with Crippen molar-refractivity contribution in [1.29, 1.82) is 0 Å². The molecule has 0 saturated heterocycles. The average molecular weight is 288 g/mol. The molecule has 1 aliphatic rings. The van der Waals surface area contributed by atoms with Gasteiger partial charge in [-0.2, -0.15) is 0 Å². The van der Waals surface area contributed by atoms with E-state index in [9.17, 15) is 17.2 Å². The highest BCUT2D eigenvalue weighted by molar-refractivity contribution is 7.92. The number of benzene rings is 1. The van der Waals surface area contributed by atoms with Crippen molar-refractivity contribution in [3.8, 4) is 0 Å². The Bertz CT molecular complexity index is 594. The Balaban J connectivity index is 2.61. The first kappa shape index (κ1) is 14.4. The first-order valence-electron chi connectivity index (χ1n) is 6.46. The van der Waals surface area contributed by atoms with Crippen LogP contribution < -0.4 is 0 Å². The van der Waals surface area contributed by atoms with Crippen molar-refractivity contribution >= 4 is 9.84 Å². The Labute approximate surface area is 112 Å². The van der Waals surface area contributed by atoms with E-state index >= 15 is 0 Å². The van der Waals surface area contributed by atoms with Gasteiger partial charge in [0.2, 0.25) is 0 Å². The van der Waals surface area contributed by atoms with Gasteiger partial charge in [-0.15, -0.1) is 0 Å². The Kier molecular flexibility index (Phi) is 3.69. The van der Waals surface area contributed by atoms with Gasteiger partial charge in [0.05, 0.1) is 10.1 Å². The maximum atomic E-state index is 13.4. The number of hydrogen-bond donors (Lipinski definition) is 0. The molecule has 0 aliphatic carbocycles. The highest BCUT2D eigenvalue weighted by atomic mass is 32.2. The molecule has 0 radical (unpaired) electrons. The lowest BCUT2D eigenvalue weighted by Gasteiger charge is -2.30. The van der Waals surface area contributed by atoms with Gasteiger partial charge in [-0.25, -0.2) is 17.2 Å². The van der Waals surface area contributed by atoms with E-state index in [1.165, 1.54) is 0 Å². The van der Waals surface area contributed by atoms with Crippen LogP contribution in [-0.2, 0) is 9.84 Å². The molecule has 0 aromatic heterocycles. The normalized spacial score (nSPS) is 25.4. The second kappa shape index (κ2) is 4.85. The van der Waals surface area contributed by atoms with Crippen LogP contribution in [0, 0.1) is 17.6 Å². The topological polar surface area (TPSA) is 34.1 Å². The Hall–Kier alpha value is -0.970. The van der Waals surface area contributed by atoms with Gasteiger partial charge in [-0.3, -0.25) is 0 Å². The number of rotatable bonds is 2. The summed E-state index contributed by atoms with van der Waals surface area (Å²) in [5.74, 6) is -1.72. The van der Waals surface area contributed by atoms with Crippen molar-refractivity contribution in [2.24, 2.45) is 5.92 Å². The predicted octanol–water partition coefficient (Wildman–Crippen LogP) is 3.66. The van der Waals surface area contributed by atoms with E-state index in [0.717, 1.165) is 18.6 Å². The van der Waals surface area contributed by atoms with Crippen LogP contribution in [0.2, 0.25) is 0 Å². The lowest BCUT2D eigenvalue weighted by atomic mass is 9.86. The molecule has 0 amide bonds. The third kappa shape index (κ3) is 2.53. The van der Waals surface area contributed by atoms with Crippen LogP contribution in [-0.4, -0.2) is 13.7 Å². The molecule has 106 valence electrons. The number of hydrogen-bond acceptors (Lipinski definition) is 2. The van der Waals surface area contributed by atoms with Crippen LogP contribution in [0.3, 0.4) is 0 Å². The Morgan fingerprint density at radius 2 is 1.84 bits per heavy atom. The number of fused-ring (bicyclic) bond motifs is 1. The highest BCUT2D eigenvalue weighted by Gasteiger charge is 2.37. The van der Waals surface area contributed by atoms with Crippen LogP contribution in [0.15, 0.2) is 17.0 Å². The minimum atomic E-state index is -3.54. The Morgan fingerprint density at radius 3 is 2.42 bits per heavy atom. The summed E-state index contributed by atoms with van der Waals surface area (Å²) in [4.78, 5) is -0.0317. The molecular weight excluding hydrogens is 270 g/mol. The third-order valence-corrected chi connectivity index (χ3v) is 5.92. The summed E-state index contributed by atoms with van der Waals surface area (Å²) in [5.41, 5.74) is 0.436. The summed E-state index contributed by atoms with van der Waals surface area (Å²) in [7, 11) is -3.54. The fraction of sp³-hybridized carbons (Fsp3) is 0.571. The zero-order valence-electron chi connectivity index (χ0n) is 11.3. The van der Waals surface area contributed by atoms with Gasteiger partial charge in [0.25, 0.3) is 0 Å². The minimum absolute atomic E-state index is 0.0244. The molecule has 2 nitrogen and oxygen atoms in total. The standard InChI is InChI=1S/C14H18F2O2S/c1-8(2)4-10-5-9(3)19(17,18)14-7-13(16)12(15)6-11(10)14/h6-10H,4-5H2,1-3H3. The fourth-order valence-corrected chi connectivity index (χ4v) is 4.51. The highest BCUT2D eigenvalue weighted by Crippen LogP contribution is 2.41. The maximum Gasteiger partial charge on any atom is 0.181 e. The molecule has 19 heavy (non-hydrogen) atoms. The van der Waals surface area contributed by atoms with Crippen molar-refractivity contribution in [2.45, 2.75) is 49.7 Å². The van der Waals surface area contributed by atoms with Crippen LogP contribution >= 0.6 is 0 Å². The quantitative estimate of drug-likeness (QED) is 0.778. The molecule has 0 N–H and O–H groups in total. The smallest absolute Gasteiger partial charge is 0.181 e. The zero-order valence-corrected chi connectivity index (χ0v) is 12.1. The van der Waals surface area contributed by atoms with E-state index < -0.39 is 26.7 Å². The molecule has 0 spiro atoms. The van der Waals surface area contributed by atoms with Gasteiger partial charge in [-0.1, -0.05) is 13.8 Å². The molecule has 1 heterocycles. The van der Waals surface area contributed by atoms with Gasteiger partial charge in [0.1, 0.15) is 0 Å². The summed E-state index contributed by atoms with van der Waals surface area (Å²) in [6, 6.07) is 1.89. The van der Waals surface area contributed by atoms with Crippen LogP contribution in [0.25, 0.3) is 0 Å². The van der Waals surface area contributed by atoms with Gasteiger partial charge in [0, 0.05) is 0 Å². The maximum absolute atomic E-state index is 13.4. The molecule has 1 aromatic carbocycles. The van der Waals surface area contributed by atoms with E-state index in [2.05, 4.69) is 0 Å². The van der Waals surface area contributed by atoms with E-state index in [-0.39, 0.29) is 10.8 Å². The first-order chi connectivity index (χ1) is 8.73. The van der Waals surface area contributed by atoms with Crippen molar-refractivity contribution in [3.63, 3.8) is 0 Å². The zero-order chi connectivity index (χ0) is 14.4. The minimum Gasteiger partial charge on any atom is -0.223 e. The second-order valence-corrected chi connectivity index (χ2v) is 8.06. The second-order valence-electron chi connectivity index (χ2n) is 5.72. The molecule has 1 aromatic rings. The molecule has 1 aliphatic heterocycles. The van der Waals surface area contributed by atoms with E-state index in [0.29, 0.717) is 17.9 Å². The lowest BCUT2D eigenvalue weighted by molar-refractivity contribution is 0.441. The third-order valence-electron chi connectivity index (χ3n) is 3.70. The largest absolute Gasteiger partial charge is 0.223 e. The van der Waals surface area contributed by atoms with Crippen molar-refractivity contribution in [2.75, 3.05) is 0 Å². The van der Waals surface area contributed by atoms with E-state index in [1.54, 1.807) is 6.92 Å². The summed E-state index contributed by atoms with van der Waals surface area (Å²) in [6.07, 6.45) is 1.25. The predicted molar refractivity (Wildman–Crippen MR) is 69.8 cm³/mol. The van der Waals surface area contributed by atoms with Gasteiger partial charge in [0.15, 0.2) is 21.5 Å². The van der Waals surface area contributed by atoms with E-state index in [4.69, 9.17) is 0 Å². The van der Waals surface area contributed by atoms with Gasteiger partial charge in [-0.05, 0) is 49.3 Å². The van der Waals surface area contributed by atoms with E-state index in [1.807, 2.05) is 13.8 Å². The lowest BCUT2D eigenvalue weighted by Crippen LogP contribution is -2.29. The van der Waals surface area contributed by atoms with Gasteiger partial charge >= 0.3 is 0 Å². The Morgan fingerprint density at radius 1 is 1.26 bits per heavy atom. The van der Waals surface area contributed by atoms with Crippen LogP contribution in [0.5, 0.6) is 0 Å². The first-order valence-corrected chi connectivity index (χ1v) is 8.01. The number of sulfone groups is 1. The molecule has 5 heteroatoms. The van der Waals surface area contributed by atoms with Crippen molar-refractivity contribution in [1.82, 2.24) is 0 Å². The molecule has 0 saturated carbocycles. The van der Waals surface area contributed by atoms with Crippen LogP contribution in [0.4, 0.5) is 8.78 Å². The fourth-order valence-electron chi connectivity index (χ4n) is 2.77. The summed E-state index contributed by atoms with van der Waals surface area (Å²) in [5, 5.41) is -0.548. The molecule has 2 rings (SSSR count).